The van der Waals surface area contributed by atoms with Gasteiger partial charge in [-0.3, -0.25) is 0 Å². The van der Waals surface area contributed by atoms with Gasteiger partial charge in [-0.25, -0.2) is 0 Å². The fourth-order valence-corrected chi connectivity index (χ4v) is 1.57. The monoisotopic (exact) mass is 203 g/mol. The topological polar surface area (TPSA) is 12.0 Å². The Morgan fingerprint density at radius 3 is 2.33 bits per heavy atom. The summed E-state index contributed by atoms with van der Waals surface area (Å²) in [6, 6.07) is 10.9. The molecule has 1 aromatic carbocycles. The third-order valence-corrected chi connectivity index (χ3v) is 2.83. The summed E-state index contributed by atoms with van der Waals surface area (Å²) in [6.07, 6.45) is 1.01. The largest absolute Gasteiger partial charge is 0.313 e. The van der Waals surface area contributed by atoms with Crippen molar-refractivity contribution in [3.8, 4) is 0 Å². The van der Waals surface area contributed by atoms with Crippen LogP contribution in [0.25, 0.3) is 0 Å². The second-order valence-corrected chi connectivity index (χ2v) is 4.27. The van der Waals surface area contributed by atoms with Gasteiger partial charge < -0.3 is 5.32 Å². The number of rotatable bonds is 5. The molecule has 1 unspecified atom stereocenters. The first-order valence-corrected chi connectivity index (χ1v) is 5.55. The van der Waals surface area contributed by atoms with Crippen LogP contribution in [0.4, 0.5) is 0 Å². The molecule has 1 N–H and O–H groups in total. The van der Waals surface area contributed by atoms with Crippen molar-refractivity contribution < 1.29 is 0 Å². The van der Waals surface area contributed by atoms with E-state index in [1.807, 2.05) is 13.1 Å². The van der Waals surface area contributed by atoms with E-state index in [1.54, 1.807) is 0 Å². The molecule has 0 fully saturated rings. The maximum atomic E-state index is 4.13. The fraction of sp³-hybridized carbons (Fsp3) is 0.429. The second kappa shape index (κ2) is 5.72. The van der Waals surface area contributed by atoms with Crippen LogP contribution in [0.1, 0.15) is 31.9 Å². The van der Waals surface area contributed by atoms with E-state index in [-0.39, 0.29) is 0 Å². The average Bonchev–Trinajstić information content (AvgIpc) is 2.26. The van der Waals surface area contributed by atoms with Crippen LogP contribution < -0.4 is 5.32 Å². The van der Waals surface area contributed by atoms with E-state index in [2.05, 4.69) is 50.0 Å². The Morgan fingerprint density at radius 1 is 1.27 bits per heavy atom. The molecule has 1 atom stereocenters. The van der Waals surface area contributed by atoms with E-state index in [4.69, 9.17) is 0 Å². The average molecular weight is 203 g/mol. The maximum Gasteiger partial charge on any atom is 0.0355 e. The van der Waals surface area contributed by atoms with Crippen LogP contribution in [0.5, 0.6) is 0 Å². The van der Waals surface area contributed by atoms with Gasteiger partial charge in [-0.2, -0.15) is 0 Å². The van der Waals surface area contributed by atoms with Crippen molar-refractivity contribution in [1.29, 1.82) is 0 Å². The minimum atomic E-state index is 0.390. The molecule has 0 aliphatic heterocycles. The zero-order valence-electron chi connectivity index (χ0n) is 9.96. The second-order valence-electron chi connectivity index (χ2n) is 4.27. The summed E-state index contributed by atoms with van der Waals surface area (Å²) in [5.74, 6) is 0.560. The van der Waals surface area contributed by atoms with E-state index in [0.29, 0.717) is 12.0 Å². The highest BCUT2D eigenvalue weighted by molar-refractivity contribution is 5.20. The van der Waals surface area contributed by atoms with Gasteiger partial charge in [0.05, 0.1) is 0 Å². The van der Waals surface area contributed by atoms with Crippen LogP contribution in [-0.4, -0.2) is 7.05 Å². The van der Waals surface area contributed by atoms with Crippen LogP contribution in [0.15, 0.2) is 42.5 Å². The highest BCUT2D eigenvalue weighted by Crippen LogP contribution is 2.23. The first-order chi connectivity index (χ1) is 7.15. The Hall–Kier alpha value is -1.08. The van der Waals surface area contributed by atoms with Crippen LogP contribution in [0.3, 0.4) is 0 Å². The van der Waals surface area contributed by atoms with Crippen molar-refractivity contribution >= 4 is 0 Å². The minimum absolute atomic E-state index is 0.390. The molecule has 0 aromatic heterocycles. The molecule has 0 saturated heterocycles. The molecule has 0 spiro atoms. The molecular formula is C14H21N. The lowest BCUT2D eigenvalue weighted by Gasteiger charge is -2.19. The molecule has 82 valence electrons. The van der Waals surface area contributed by atoms with E-state index in [1.165, 1.54) is 11.1 Å². The molecule has 0 radical (unpaired) electrons. The number of nitrogens with one attached hydrogen (secondary N) is 1. The molecule has 0 saturated carbocycles. The smallest absolute Gasteiger partial charge is 0.0355 e. The van der Waals surface area contributed by atoms with Gasteiger partial charge in [0.2, 0.25) is 0 Å². The lowest BCUT2D eigenvalue weighted by atomic mass is 9.94. The summed E-state index contributed by atoms with van der Waals surface area (Å²) in [7, 11) is 2.01. The summed E-state index contributed by atoms with van der Waals surface area (Å²) in [5, 5.41) is 3.34. The van der Waals surface area contributed by atoms with Crippen LogP contribution in [-0.2, 0) is 0 Å². The van der Waals surface area contributed by atoms with E-state index in [9.17, 15) is 0 Å². The summed E-state index contributed by atoms with van der Waals surface area (Å²) < 4.78 is 0. The number of hydrogen-bond acceptors (Lipinski definition) is 1. The zero-order valence-corrected chi connectivity index (χ0v) is 9.96. The van der Waals surface area contributed by atoms with Crippen molar-refractivity contribution in [3.63, 3.8) is 0 Å². The Morgan fingerprint density at radius 2 is 1.87 bits per heavy atom. The van der Waals surface area contributed by atoms with Gasteiger partial charge in [-0.1, -0.05) is 56.3 Å². The lowest BCUT2D eigenvalue weighted by Crippen LogP contribution is -2.17. The van der Waals surface area contributed by atoms with Crippen molar-refractivity contribution in [1.82, 2.24) is 5.32 Å². The summed E-state index contributed by atoms with van der Waals surface area (Å²) >= 11 is 0. The first kappa shape index (κ1) is 12.0. The SMILES string of the molecule is C=C(CC(NC)c1ccccc1)C(C)C. The summed E-state index contributed by atoms with van der Waals surface area (Å²) in [6.45, 7) is 8.52. The predicted molar refractivity (Wildman–Crippen MR) is 66.8 cm³/mol. The predicted octanol–water partition coefficient (Wildman–Crippen LogP) is 3.55. The maximum absolute atomic E-state index is 4.13. The Labute approximate surface area is 93.2 Å². The van der Waals surface area contributed by atoms with Gasteiger partial charge in [0.15, 0.2) is 0 Å². The molecule has 1 aromatic rings. The molecule has 0 amide bonds. The van der Waals surface area contributed by atoms with Gasteiger partial charge in [0.1, 0.15) is 0 Å². The first-order valence-electron chi connectivity index (χ1n) is 5.55. The van der Waals surface area contributed by atoms with Gasteiger partial charge in [0.25, 0.3) is 0 Å². The molecule has 1 rings (SSSR count). The molecule has 0 aliphatic rings. The Bertz CT molecular complexity index is 300. The highest BCUT2D eigenvalue weighted by Gasteiger charge is 2.11. The number of hydrogen-bond donors (Lipinski definition) is 1. The minimum Gasteiger partial charge on any atom is -0.313 e. The van der Waals surface area contributed by atoms with Crippen molar-refractivity contribution in [2.24, 2.45) is 5.92 Å². The van der Waals surface area contributed by atoms with Gasteiger partial charge in [-0.05, 0) is 24.9 Å². The normalized spacial score (nSPS) is 12.8. The van der Waals surface area contributed by atoms with Crippen LogP contribution in [0.2, 0.25) is 0 Å². The van der Waals surface area contributed by atoms with Crippen LogP contribution in [0, 0.1) is 5.92 Å². The molecule has 1 heteroatoms. The van der Waals surface area contributed by atoms with Gasteiger partial charge >= 0.3 is 0 Å². The quantitative estimate of drug-likeness (QED) is 0.722. The number of benzene rings is 1. The Balaban J connectivity index is 2.69. The molecular weight excluding hydrogens is 182 g/mol. The van der Waals surface area contributed by atoms with Gasteiger partial charge in [0, 0.05) is 6.04 Å². The molecule has 1 nitrogen and oxygen atoms in total. The Kier molecular flexibility index (Phi) is 4.57. The molecule has 15 heavy (non-hydrogen) atoms. The highest BCUT2D eigenvalue weighted by atomic mass is 14.9. The van der Waals surface area contributed by atoms with Crippen molar-refractivity contribution in [3.05, 3.63) is 48.0 Å². The third kappa shape index (κ3) is 3.52. The molecule has 0 aliphatic carbocycles. The fourth-order valence-electron chi connectivity index (χ4n) is 1.57. The van der Waals surface area contributed by atoms with Crippen molar-refractivity contribution in [2.75, 3.05) is 7.05 Å². The summed E-state index contributed by atoms with van der Waals surface area (Å²) in [5.41, 5.74) is 2.64. The third-order valence-electron chi connectivity index (χ3n) is 2.83. The van der Waals surface area contributed by atoms with E-state index >= 15 is 0 Å². The summed E-state index contributed by atoms with van der Waals surface area (Å²) in [4.78, 5) is 0. The zero-order chi connectivity index (χ0) is 11.3. The molecule has 0 bridgehead atoms. The van der Waals surface area contributed by atoms with E-state index < -0.39 is 0 Å². The van der Waals surface area contributed by atoms with Gasteiger partial charge in [-0.15, -0.1) is 0 Å². The van der Waals surface area contributed by atoms with Crippen molar-refractivity contribution in [2.45, 2.75) is 26.3 Å². The van der Waals surface area contributed by atoms with E-state index in [0.717, 1.165) is 6.42 Å². The molecule has 0 heterocycles. The standard InChI is InChI=1S/C14H21N/c1-11(2)12(3)10-14(15-4)13-8-6-5-7-9-13/h5-9,11,14-15H,3,10H2,1-2,4H3. The lowest BCUT2D eigenvalue weighted by molar-refractivity contribution is 0.557. The van der Waals surface area contributed by atoms with Crippen LogP contribution >= 0.6 is 0 Å².